The zero-order valence-electron chi connectivity index (χ0n) is 9.53. The van der Waals surface area contributed by atoms with E-state index in [0.29, 0.717) is 0 Å². The van der Waals surface area contributed by atoms with E-state index in [1.165, 1.54) is 31.2 Å². The van der Waals surface area contributed by atoms with E-state index >= 15 is 0 Å². The minimum absolute atomic E-state index is 0.220. The normalized spacial score (nSPS) is 17.6. The second kappa shape index (κ2) is 4.58. The zero-order chi connectivity index (χ0) is 10.8. The maximum Gasteiger partial charge on any atom is 0.0779 e. The summed E-state index contributed by atoms with van der Waals surface area (Å²) < 4.78 is 0. The Labute approximate surface area is 97.9 Å². The molecule has 2 heteroatoms. The van der Waals surface area contributed by atoms with E-state index in [1.54, 1.807) is 11.1 Å². The summed E-state index contributed by atoms with van der Waals surface area (Å²) in [5, 5.41) is 0.220. The summed E-state index contributed by atoms with van der Waals surface area (Å²) >= 11 is 4.61. The fourth-order valence-corrected chi connectivity index (χ4v) is 2.37. The fourth-order valence-electron chi connectivity index (χ4n) is 2.21. The Morgan fingerprint density at radius 1 is 1.13 bits per heavy atom. The molecule has 82 valence electrons. The quantitative estimate of drug-likeness (QED) is 0.593. The smallest absolute Gasteiger partial charge is 0.0779 e. The van der Waals surface area contributed by atoms with Gasteiger partial charge in [-0.2, -0.15) is 12.6 Å². The number of fused-ring (bicyclic) bond motifs is 1. The predicted molar refractivity (Wildman–Crippen MR) is 68.5 cm³/mol. The van der Waals surface area contributed by atoms with Gasteiger partial charge in [-0.05, 0) is 56.5 Å². The Bertz CT molecular complexity index is 346. The number of benzene rings is 1. The van der Waals surface area contributed by atoms with Gasteiger partial charge in [0.15, 0.2) is 0 Å². The van der Waals surface area contributed by atoms with Crippen LogP contribution in [0.15, 0.2) is 18.2 Å². The molecule has 0 fully saturated rings. The summed E-state index contributed by atoms with van der Waals surface area (Å²) in [5.74, 6) is 0. The molecule has 0 heterocycles. The van der Waals surface area contributed by atoms with Crippen molar-refractivity contribution in [3.8, 4) is 0 Å². The summed E-state index contributed by atoms with van der Waals surface area (Å²) in [6.07, 6.45) is 5.20. The van der Waals surface area contributed by atoms with Crippen LogP contribution in [-0.4, -0.2) is 19.0 Å². The third-order valence-corrected chi connectivity index (χ3v) is 3.92. The van der Waals surface area contributed by atoms with Gasteiger partial charge >= 0.3 is 0 Å². The molecule has 0 amide bonds. The highest BCUT2D eigenvalue weighted by molar-refractivity contribution is 7.80. The molecule has 0 bridgehead atoms. The summed E-state index contributed by atoms with van der Waals surface area (Å²) in [4.78, 5) is 2.13. The lowest BCUT2D eigenvalue weighted by Gasteiger charge is -2.22. The van der Waals surface area contributed by atoms with Crippen LogP contribution >= 0.6 is 12.6 Å². The van der Waals surface area contributed by atoms with Gasteiger partial charge in [-0.3, -0.25) is 4.90 Å². The second-order valence-electron chi connectivity index (χ2n) is 4.57. The van der Waals surface area contributed by atoms with E-state index in [9.17, 15) is 0 Å². The third kappa shape index (κ3) is 2.37. The van der Waals surface area contributed by atoms with Gasteiger partial charge in [0.1, 0.15) is 0 Å². The van der Waals surface area contributed by atoms with Crippen molar-refractivity contribution < 1.29 is 0 Å². The summed E-state index contributed by atoms with van der Waals surface area (Å²) in [7, 11) is 4.13. The third-order valence-electron chi connectivity index (χ3n) is 3.16. The minimum atomic E-state index is 0.220. The standard InChI is InChI=1S/C13H19NS/c1-14(2)13(15)12-8-7-10-5-3-4-6-11(10)9-12/h7-9,13,15H,3-6H2,1-2H3. The lowest BCUT2D eigenvalue weighted by atomic mass is 9.90. The number of nitrogens with zero attached hydrogens (tertiary/aromatic N) is 1. The molecule has 0 N–H and O–H groups in total. The van der Waals surface area contributed by atoms with Crippen molar-refractivity contribution >= 4 is 12.6 Å². The molecule has 2 rings (SSSR count). The van der Waals surface area contributed by atoms with Gasteiger partial charge in [-0.1, -0.05) is 18.2 Å². The number of hydrogen-bond donors (Lipinski definition) is 1. The molecule has 0 saturated carbocycles. The summed E-state index contributed by atoms with van der Waals surface area (Å²) in [6.45, 7) is 0. The monoisotopic (exact) mass is 221 g/mol. The average Bonchev–Trinajstić information content (AvgIpc) is 2.27. The average molecular weight is 221 g/mol. The lowest BCUT2D eigenvalue weighted by Crippen LogP contribution is -2.15. The van der Waals surface area contributed by atoms with Gasteiger partial charge in [0.25, 0.3) is 0 Å². The van der Waals surface area contributed by atoms with E-state index in [0.717, 1.165) is 0 Å². The van der Waals surface area contributed by atoms with Gasteiger partial charge < -0.3 is 0 Å². The fraction of sp³-hybridized carbons (Fsp3) is 0.538. The first-order valence-corrected chi connectivity index (χ1v) is 6.16. The van der Waals surface area contributed by atoms with Gasteiger partial charge in [0.2, 0.25) is 0 Å². The van der Waals surface area contributed by atoms with Crippen molar-refractivity contribution in [3.63, 3.8) is 0 Å². The maximum absolute atomic E-state index is 4.61. The van der Waals surface area contributed by atoms with Crippen molar-refractivity contribution in [2.45, 2.75) is 31.1 Å². The molecule has 1 aliphatic carbocycles. The molecule has 0 radical (unpaired) electrons. The molecular weight excluding hydrogens is 202 g/mol. The van der Waals surface area contributed by atoms with Gasteiger partial charge in [-0.25, -0.2) is 0 Å². The summed E-state index contributed by atoms with van der Waals surface area (Å²) in [5.41, 5.74) is 4.41. The highest BCUT2D eigenvalue weighted by Crippen LogP contribution is 2.28. The van der Waals surface area contributed by atoms with Gasteiger partial charge in [0, 0.05) is 0 Å². The van der Waals surface area contributed by atoms with E-state index in [1.807, 2.05) is 0 Å². The zero-order valence-corrected chi connectivity index (χ0v) is 10.4. The maximum atomic E-state index is 4.61. The topological polar surface area (TPSA) is 3.24 Å². The van der Waals surface area contributed by atoms with Gasteiger partial charge in [0.05, 0.1) is 5.37 Å². The molecular formula is C13H19NS. The Morgan fingerprint density at radius 2 is 1.80 bits per heavy atom. The first kappa shape index (κ1) is 11.0. The minimum Gasteiger partial charge on any atom is -0.294 e. The van der Waals surface area contributed by atoms with Gasteiger partial charge in [-0.15, -0.1) is 0 Å². The SMILES string of the molecule is CN(C)C(S)c1ccc2c(c1)CCCC2. The van der Waals surface area contributed by atoms with Crippen LogP contribution in [0.5, 0.6) is 0 Å². The van der Waals surface area contributed by atoms with E-state index in [-0.39, 0.29) is 5.37 Å². The Kier molecular flexibility index (Phi) is 3.37. The first-order chi connectivity index (χ1) is 7.18. The van der Waals surface area contributed by atoms with Crippen molar-refractivity contribution in [1.29, 1.82) is 0 Å². The number of rotatable bonds is 2. The highest BCUT2D eigenvalue weighted by Gasteiger charge is 2.13. The van der Waals surface area contributed by atoms with Crippen LogP contribution in [0.2, 0.25) is 0 Å². The van der Waals surface area contributed by atoms with E-state index in [4.69, 9.17) is 0 Å². The second-order valence-corrected chi connectivity index (χ2v) is 5.06. The molecule has 0 aliphatic heterocycles. The Hall–Kier alpha value is -0.470. The van der Waals surface area contributed by atoms with Crippen molar-refractivity contribution in [2.24, 2.45) is 0 Å². The molecule has 1 unspecified atom stereocenters. The van der Waals surface area contributed by atoms with Crippen molar-refractivity contribution in [2.75, 3.05) is 14.1 Å². The van der Waals surface area contributed by atoms with Crippen LogP contribution in [0.3, 0.4) is 0 Å². The van der Waals surface area contributed by atoms with Crippen LogP contribution in [0, 0.1) is 0 Å². The largest absolute Gasteiger partial charge is 0.294 e. The van der Waals surface area contributed by atoms with Crippen LogP contribution in [0.1, 0.15) is 34.9 Å². The predicted octanol–water partition coefficient (Wildman–Crippen LogP) is 3.06. The molecule has 1 nitrogen and oxygen atoms in total. The molecule has 0 saturated heterocycles. The van der Waals surface area contributed by atoms with Crippen LogP contribution in [0.25, 0.3) is 0 Å². The molecule has 0 aromatic heterocycles. The molecule has 1 atom stereocenters. The Morgan fingerprint density at radius 3 is 2.47 bits per heavy atom. The highest BCUT2D eigenvalue weighted by atomic mass is 32.1. The number of hydrogen-bond acceptors (Lipinski definition) is 2. The molecule has 0 spiro atoms. The number of aryl methyl sites for hydroxylation is 2. The van der Waals surface area contributed by atoms with Crippen molar-refractivity contribution in [1.82, 2.24) is 4.90 Å². The summed E-state index contributed by atoms with van der Waals surface area (Å²) in [6, 6.07) is 6.85. The first-order valence-electron chi connectivity index (χ1n) is 5.64. The van der Waals surface area contributed by atoms with E-state index in [2.05, 4.69) is 49.8 Å². The van der Waals surface area contributed by atoms with Crippen molar-refractivity contribution in [3.05, 3.63) is 34.9 Å². The molecule has 1 aromatic rings. The van der Waals surface area contributed by atoms with Crippen LogP contribution < -0.4 is 0 Å². The van der Waals surface area contributed by atoms with Crippen LogP contribution in [-0.2, 0) is 12.8 Å². The molecule has 1 aromatic carbocycles. The number of thiol groups is 1. The lowest BCUT2D eigenvalue weighted by molar-refractivity contribution is 0.393. The molecule has 15 heavy (non-hydrogen) atoms. The Balaban J connectivity index is 2.27. The van der Waals surface area contributed by atoms with Crippen LogP contribution in [0.4, 0.5) is 0 Å². The molecule has 1 aliphatic rings. The van der Waals surface area contributed by atoms with E-state index < -0.39 is 0 Å².